The van der Waals surface area contributed by atoms with Crippen molar-refractivity contribution in [3.63, 3.8) is 0 Å². The highest BCUT2D eigenvalue weighted by Crippen LogP contribution is 2.15. The zero-order valence-corrected chi connectivity index (χ0v) is 11.5. The summed E-state index contributed by atoms with van der Waals surface area (Å²) in [6, 6.07) is 3.09. The summed E-state index contributed by atoms with van der Waals surface area (Å²) in [6.45, 7) is 1.86. The normalized spacial score (nSPS) is 12.2. The molecule has 2 aromatic rings. The molecule has 112 valence electrons. The van der Waals surface area contributed by atoms with Crippen LogP contribution in [0.2, 0.25) is 0 Å². The maximum absolute atomic E-state index is 13.6. The molecule has 0 fully saturated rings. The lowest BCUT2D eigenvalue weighted by molar-refractivity contribution is 0.0169. The fourth-order valence-electron chi connectivity index (χ4n) is 1.57. The average molecular weight is 296 g/mol. The Labute approximate surface area is 120 Å². The Morgan fingerprint density at radius 3 is 2.86 bits per heavy atom. The Kier molecular flexibility index (Phi) is 4.64. The molecule has 0 aliphatic heterocycles. The third-order valence-corrected chi connectivity index (χ3v) is 2.83. The maximum atomic E-state index is 13.6. The van der Waals surface area contributed by atoms with Gasteiger partial charge in [0.05, 0.1) is 17.9 Å². The molecule has 1 heterocycles. The van der Waals surface area contributed by atoms with Gasteiger partial charge in [0, 0.05) is 19.4 Å². The van der Waals surface area contributed by atoms with Gasteiger partial charge in [0.1, 0.15) is 18.1 Å². The molecule has 0 amide bonds. The first kappa shape index (κ1) is 15.1. The van der Waals surface area contributed by atoms with Crippen LogP contribution in [-0.4, -0.2) is 35.6 Å². The lowest BCUT2D eigenvalue weighted by atomic mass is 10.3. The van der Waals surface area contributed by atoms with Crippen molar-refractivity contribution in [2.75, 3.05) is 13.7 Å². The highest BCUT2D eigenvalue weighted by atomic mass is 19.1. The van der Waals surface area contributed by atoms with Crippen molar-refractivity contribution in [3.05, 3.63) is 47.8 Å². The maximum Gasteiger partial charge on any atom is 0.341 e. The van der Waals surface area contributed by atoms with Crippen LogP contribution < -0.4 is 0 Å². The minimum Gasteiger partial charge on any atom is -0.459 e. The van der Waals surface area contributed by atoms with Gasteiger partial charge in [0.15, 0.2) is 5.82 Å². The second-order valence-corrected chi connectivity index (χ2v) is 4.41. The zero-order valence-electron chi connectivity index (χ0n) is 11.5. The monoisotopic (exact) mass is 296 g/mol. The molecule has 1 atom stereocenters. The second kappa shape index (κ2) is 6.45. The number of rotatable bonds is 5. The van der Waals surface area contributed by atoms with Gasteiger partial charge in [-0.25, -0.2) is 18.3 Å². The topological polar surface area (TPSA) is 53.4 Å². The molecule has 0 saturated carbocycles. The highest BCUT2D eigenvalue weighted by molar-refractivity contribution is 5.88. The Balaban J connectivity index is 2.12. The molecule has 0 aliphatic carbocycles. The van der Waals surface area contributed by atoms with Gasteiger partial charge in [-0.1, -0.05) is 0 Å². The van der Waals surface area contributed by atoms with Gasteiger partial charge in [0.25, 0.3) is 0 Å². The van der Waals surface area contributed by atoms with Crippen LogP contribution in [0.5, 0.6) is 0 Å². The van der Waals surface area contributed by atoms with Gasteiger partial charge >= 0.3 is 5.97 Å². The largest absolute Gasteiger partial charge is 0.459 e. The number of hydrogen-bond acceptors (Lipinski definition) is 4. The van der Waals surface area contributed by atoms with E-state index in [0.717, 1.165) is 16.8 Å². The summed E-state index contributed by atoms with van der Waals surface area (Å²) in [5.74, 6) is -2.05. The lowest BCUT2D eigenvalue weighted by Crippen LogP contribution is -2.17. The van der Waals surface area contributed by atoms with Crippen molar-refractivity contribution in [1.82, 2.24) is 9.78 Å². The minimum atomic E-state index is -0.772. The Hall–Kier alpha value is -2.28. The van der Waals surface area contributed by atoms with Crippen molar-refractivity contribution in [3.8, 4) is 5.69 Å². The van der Waals surface area contributed by atoms with Gasteiger partial charge in [-0.15, -0.1) is 0 Å². The van der Waals surface area contributed by atoms with E-state index in [1.807, 2.05) is 0 Å². The summed E-state index contributed by atoms with van der Waals surface area (Å²) in [5.41, 5.74) is 0.211. The van der Waals surface area contributed by atoms with Crippen molar-refractivity contribution in [2.45, 2.75) is 13.0 Å². The van der Waals surface area contributed by atoms with Crippen LogP contribution in [0.1, 0.15) is 17.3 Å². The lowest BCUT2D eigenvalue weighted by Gasteiger charge is -2.09. The number of nitrogens with zero attached hydrogens (tertiary/aromatic N) is 2. The number of esters is 1. The third kappa shape index (κ3) is 3.63. The standard InChI is InChI=1S/C14H14F2N2O3/c1-9(20-2)8-21-14(19)10-6-17-18(7-10)13-4-3-11(15)5-12(13)16/h3-7,9H,8H2,1-2H3/t9-/m1/s1. The van der Waals surface area contributed by atoms with Gasteiger partial charge in [-0.05, 0) is 19.1 Å². The summed E-state index contributed by atoms with van der Waals surface area (Å²) in [6.07, 6.45) is 2.34. The average Bonchev–Trinajstić information content (AvgIpc) is 2.93. The summed E-state index contributed by atoms with van der Waals surface area (Å²) in [4.78, 5) is 11.8. The van der Waals surface area contributed by atoms with E-state index in [-0.39, 0.29) is 24.0 Å². The van der Waals surface area contributed by atoms with Crippen LogP contribution in [0.15, 0.2) is 30.6 Å². The molecule has 5 nitrogen and oxygen atoms in total. The summed E-state index contributed by atoms with van der Waals surface area (Å²) >= 11 is 0. The number of carbonyl (C=O) groups is 1. The minimum absolute atomic E-state index is 0.0423. The van der Waals surface area contributed by atoms with Crippen LogP contribution in [0, 0.1) is 11.6 Å². The van der Waals surface area contributed by atoms with Crippen LogP contribution in [0.4, 0.5) is 8.78 Å². The van der Waals surface area contributed by atoms with Crippen LogP contribution >= 0.6 is 0 Å². The number of aromatic nitrogens is 2. The van der Waals surface area contributed by atoms with Gasteiger partial charge in [-0.2, -0.15) is 5.10 Å². The Morgan fingerprint density at radius 2 is 2.19 bits per heavy atom. The number of hydrogen-bond donors (Lipinski definition) is 0. The van der Waals surface area contributed by atoms with Crippen molar-refractivity contribution in [1.29, 1.82) is 0 Å². The summed E-state index contributed by atoms with van der Waals surface area (Å²) < 4.78 is 37.6. The van der Waals surface area contributed by atoms with E-state index in [2.05, 4.69) is 5.10 Å². The zero-order chi connectivity index (χ0) is 15.4. The van der Waals surface area contributed by atoms with E-state index in [1.165, 1.54) is 25.6 Å². The molecule has 0 radical (unpaired) electrons. The van der Waals surface area contributed by atoms with E-state index >= 15 is 0 Å². The molecule has 0 aliphatic rings. The third-order valence-electron chi connectivity index (χ3n) is 2.83. The number of benzene rings is 1. The summed E-state index contributed by atoms with van der Waals surface area (Å²) in [7, 11) is 1.51. The molecular formula is C14H14F2N2O3. The molecule has 1 aromatic carbocycles. The fraction of sp³-hybridized carbons (Fsp3) is 0.286. The number of methoxy groups -OCH3 is 1. The first-order valence-electron chi connectivity index (χ1n) is 6.21. The second-order valence-electron chi connectivity index (χ2n) is 4.41. The quantitative estimate of drug-likeness (QED) is 0.795. The molecule has 0 saturated heterocycles. The van der Waals surface area contributed by atoms with Crippen LogP contribution in [0.25, 0.3) is 5.69 Å². The molecule has 1 aromatic heterocycles. The SMILES string of the molecule is CO[C@H](C)COC(=O)c1cnn(-c2ccc(F)cc2F)c1. The van der Waals surface area contributed by atoms with E-state index in [9.17, 15) is 13.6 Å². The molecule has 0 spiro atoms. The van der Waals surface area contributed by atoms with Crippen molar-refractivity contribution >= 4 is 5.97 Å². The van der Waals surface area contributed by atoms with E-state index < -0.39 is 17.6 Å². The Morgan fingerprint density at radius 1 is 1.43 bits per heavy atom. The predicted molar refractivity (Wildman–Crippen MR) is 70.2 cm³/mol. The van der Waals surface area contributed by atoms with E-state index in [1.54, 1.807) is 6.92 Å². The molecule has 0 N–H and O–H groups in total. The van der Waals surface area contributed by atoms with Crippen molar-refractivity contribution in [2.24, 2.45) is 0 Å². The fourth-order valence-corrected chi connectivity index (χ4v) is 1.57. The summed E-state index contributed by atoms with van der Waals surface area (Å²) in [5, 5.41) is 3.87. The number of ether oxygens (including phenoxy) is 2. The molecule has 2 rings (SSSR count). The predicted octanol–water partition coefficient (Wildman–Crippen LogP) is 2.34. The molecule has 21 heavy (non-hydrogen) atoms. The van der Waals surface area contributed by atoms with E-state index in [4.69, 9.17) is 9.47 Å². The van der Waals surface area contributed by atoms with Gasteiger partial charge in [-0.3, -0.25) is 0 Å². The van der Waals surface area contributed by atoms with Gasteiger partial charge in [0.2, 0.25) is 0 Å². The Bertz CT molecular complexity index is 643. The smallest absolute Gasteiger partial charge is 0.341 e. The molecule has 0 bridgehead atoms. The number of carbonyl (C=O) groups excluding carboxylic acids is 1. The molecule has 0 unspecified atom stereocenters. The first-order valence-corrected chi connectivity index (χ1v) is 6.21. The van der Waals surface area contributed by atoms with Crippen molar-refractivity contribution < 1.29 is 23.0 Å². The highest BCUT2D eigenvalue weighted by Gasteiger charge is 2.14. The molecule has 7 heteroatoms. The number of halogens is 2. The molecular weight excluding hydrogens is 282 g/mol. The first-order chi connectivity index (χ1) is 10.0. The van der Waals surface area contributed by atoms with Crippen LogP contribution in [-0.2, 0) is 9.47 Å². The van der Waals surface area contributed by atoms with E-state index in [0.29, 0.717) is 0 Å². The van der Waals surface area contributed by atoms with Crippen LogP contribution in [0.3, 0.4) is 0 Å². The van der Waals surface area contributed by atoms with Gasteiger partial charge < -0.3 is 9.47 Å².